The van der Waals surface area contributed by atoms with Gasteiger partial charge in [0.25, 0.3) is 5.91 Å². The van der Waals surface area contributed by atoms with Crippen LogP contribution in [0.3, 0.4) is 0 Å². The van der Waals surface area contributed by atoms with E-state index in [4.69, 9.17) is 9.52 Å². The van der Waals surface area contributed by atoms with Crippen molar-refractivity contribution in [1.29, 1.82) is 0 Å². The van der Waals surface area contributed by atoms with Gasteiger partial charge in [0.15, 0.2) is 5.76 Å². The lowest BCUT2D eigenvalue weighted by Gasteiger charge is -2.15. The largest absolute Gasteiger partial charge is 0.480 e. The van der Waals surface area contributed by atoms with Crippen molar-refractivity contribution in [2.24, 2.45) is 0 Å². The third-order valence-electron chi connectivity index (χ3n) is 3.17. The summed E-state index contributed by atoms with van der Waals surface area (Å²) in [4.78, 5) is 24.9. The minimum atomic E-state index is -1.05. The lowest BCUT2D eigenvalue weighted by molar-refractivity contribution is -0.139. The van der Waals surface area contributed by atoms with Gasteiger partial charge in [-0.25, -0.2) is 4.79 Å². The number of carbonyl (C=O) groups excluding carboxylic acids is 1. The number of amides is 1. The lowest BCUT2D eigenvalue weighted by Crippen LogP contribution is -2.40. The Balaban J connectivity index is 2.66. The maximum absolute atomic E-state index is 11.9. The van der Waals surface area contributed by atoms with E-state index >= 15 is 0 Å². The van der Waals surface area contributed by atoms with E-state index in [0.717, 1.165) is 13.1 Å². The first kappa shape index (κ1) is 16.2. The molecule has 0 aliphatic carbocycles. The molecule has 0 aromatic carbocycles. The van der Waals surface area contributed by atoms with Crippen molar-refractivity contribution in [1.82, 2.24) is 10.2 Å². The molecule has 1 aromatic heterocycles. The standard InChI is InChI=1S/C14H22N2O4/c1-4-11(14(18)19)15-13(17)12-8-7-10(20-12)9-16(5-2)6-3/h7-8,11H,4-6,9H2,1-3H3,(H,15,17)(H,18,19). The number of rotatable bonds is 8. The summed E-state index contributed by atoms with van der Waals surface area (Å²) in [6, 6.07) is 2.43. The van der Waals surface area contributed by atoms with E-state index in [0.29, 0.717) is 18.7 Å². The van der Waals surface area contributed by atoms with Crippen LogP contribution in [0.1, 0.15) is 43.5 Å². The fourth-order valence-corrected chi connectivity index (χ4v) is 1.82. The molecule has 0 saturated heterocycles. The highest BCUT2D eigenvalue weighted by Gasteiger charge is 2.20. The molecule has 112 valence electrons. The number of carboxylic acid groups (broad SMARTS) is 1. The first-order valence-corrected chi connectivity index (χ1v) is 6.86. The molecule has 0 saturated carbocycles. The first-order chi connectivity index (χ1) is 9.51. The van der Waals surface area contributed by atoms with Crippen LogP contribution >= 0.6 is 0 Å². The van der Waals surface area contributed by atoms with Gasteiger partial charge < -0.3 is 14.8 Å². The van der Waals surface area contributed by atoms with Gasteiger partial charge in [-0.05, 0) is 31.6 Å². The Labute approximate surface area is 118 Å². The Morgan fingerprint density at radius 1 is 1.30 bits per heavy atom. The van der Waals surface area contributed by atoms with Crippen LogP contribution in [-0.4, -0.2) is 41.0 Å². The average Bonchev–Trinajstić information content (AvgIpc) is 2.90. The van der Waals surface area contributed by atoms with Crippen LogP contribution in [-0.2, 0) is 11.3 Å². The van der Waals surface area contributed by atoms with Gasteiger partial charge in [0.05, 0.1) is 6.54 Å². The van der Waals surface area contributed by atoms with E-state index < -0.39 is 17.9 Å². The number of hydrogen-bond donors (Lipinski definition) is 2. The fraction of sp³-hybridized carbons (Fsp3) is 0.571. The van der Waals surface area contributed by atoms with Crippen molar-refractivity contribution >= 4 is 11.9 Å². The van der Waals surface area contributed by atoms with Crippen molar-refractivity contribution in [3.8, 4) is 0 Å². The summed E-state index contributed by atoms with van der Waals surface area (Å²) in [5.41, 5.74) is 0. The van der Waals surface area contributed by atoms with Gasteiger partial charge in [-0.2, -0.15) is 0 Å². The van der Waals surface area contributed by atoms with Gasteiger partial charge >= 0.3 is 5.97 Å². The maximum Gasteiger partial charge on any atom is 0.326 e. The number of carboxylic acids is 1. The molecule has 20 heavy (non-hydrogen) atoms. The van der Waals surface area contributed by atoms with E-state index in [1.165, 1.54) is 0 Å². The van der Waals surface area contributed by atoms with Crippen molar-refractivity contribution < 1.29 is 19.1 Å². The first-order valence-electron chi connectivity index (χ1n) is 6.86. The number of nitrogens with one attached hydrogen (secondary N) is 1. The molecule has 0 bridgehead atoms. The van der Waals surface area contributed by atoms with E-state index in [-0.39, 0.29) is 5.76 Å². The van der Waals surface area contributed by atoms with Crippen LogP contribution in [0.15, 0.2) is 16.5 Å². The van der Waals surface area contributed by atoms with Crippen molar-refractivity contribution in [2.75, 3.05) is 13.1 Å². The molecule has 6 nitrogen and oxygen atoms in total. The molecule has 1 amide bonds. The lowest BCUT2D eigenvalue weighted by atomic mass is 10.2. The molecule has 1 rings (SSSR count). The molecule has 1 atom stereocenters. The molecule has 2 N–H and O–H groups in total. The second-order valence-electron chi connectivity index (χ2n) is 4.50. The van der Waals surface area contributed by atoms with Gasteiger partial charge in [-0.3, -0.25) is 9.69 Å². The molecule has 1 heterocycles. The number of nitrogens with zero attached hydrogens (tertiary/aromatic N) is 1. The Morgan fingerprint density at radius 3 is 2.45 bits per heavy atom. The molecule has 0 spiro atoms. The highest BCUT2D eigenvalue weighted by molar-refractivity contribution is 5.94. The number of furan rings is 1. The van der Waals surface area contributed by atoms with E-state index in [1.54, 1.807) is 19.1 Å². The number of aliphatic carboxylic acids is 1. The average molecular weight is 282 g/mol. The highest BCUT2D eigenvalue weighted by atomic mass is 16.4. The molecule has 1 aromatic rings. The van der Waals surface area contributed by atoms with Gasteiger partial charge in [-0.1, -0.05) is 20.8 Å². The summed E-state index contributed by atoms with van der Waals surface area (Å²) in [6.45, 7) is 8.24. The second kappa shape index (κ2) is 7.69. The predicted octanol–water partition coefficient (Wildman–Crippen LogP) is 1.71. The predicted molar refractivity (Wildman–Crippen MR) is 74.5 cm³/mol. The van der Waals surface area contributed by atoms with Crippen LogP contribution in [0.5, 0.6) is 0 Å². The Hall–Kier alpha value is -1.82. The zero-order valence-electron chi connectivity index (χ0n) is 12.2. The minimum absolute atomic E-state index is 0.145. The van der Waals surface area contributed by atoms with Gasteiger partial charge in [0.2, 0.25) is 0 Å². The highest BCUT2D eigenvalue weighted by Crippen LogP contribution is 2.11. The Bertz CT molecular complexity index is 452. The van der Waals surface area contributed by atoms with Gasteiger partial charge in [-0.15, -0.1) is 0 Å². The normalized spacial score (nSPS) is 12.4. The zero-order valence-corrected chi connectivity index (χ0v) is 12.2. The van der Waals surface area contributed by atoms with E-state index in [9.17, 15) is 9.59 Å². The summed E-state index contributed by atoms with van der Waals surface area (Å²) < 4.78 is 5.46. The quantitative estimate of drug-likeness (QED) is 0.758. The SMILES string of the molecule is CCC(NC(=O)c1ccc(CN(CC)CC)o1)C(=O)O. The number of carbonyl (C=O) groups is 2. The molecule has 1 unspecified atom stereocenters. The zero-order chi connectivity index (χ0) is 15.1. The molecule has 0 aliphatic heterocycles. The minimum Gasteiger partial charge on any atom is -0.480 e. The third-order valence-corrected chi connectivity index (χ3v) is 3.17. The van der Waals surface area contributed by atoms with Crippen molar-refractivity contribution in [3.63, 3.8) is 0 Å². The van der Waals surface area contributed by atoms with Gasteiger partial charge in [0, 0.05) is 0 Å². The fourth-order valence-electron chi connectivity index (χ4n) is 1.82. The summed E-state index contributed by atoms with van der Waals surface area (Å²) in [5, 5.41) is 11.3. The Kier molecular flexibility index (Phi) is 6.24. The molecule has 6 heteroatoms. The van der Waals surface area contributed by atoms with Crippen LogP contribution in [0, 0.1) is 0 Å². The molecule has 0 radical (unpaired) electrons. The topological polar surface area (TPSA) is 82.8 Å². The maximum atomic E-state index is 11.9. The Morgan fingerprint density at radius 2 is 1.95 bits per heavy atom. The third kappa shape index (κ3) is 4.38. The van der Waals surface area contributed by atoms with Crippen LogP contribution in [0.25, 0.3) is 0 Å². The summed E-state index contributed by atoms with van der Waals surface area (Å²) in [6.07, 6.45) is 0.327. The van der Waals surface area contributed by atoms with Crippen LogP contribution in [0.4, 0.5) is 0 Å². The number of hydrogen-bond acceptors (Lipinski definition) is 4. The summed E-state index contributed by atoms with van der Waals surface area (Å²) in [5.74, 6) is -0.699. The summed E-state index contributed by atoms with van der Waals surface area (Å²) in [7, 11) is 0. The summed E-state index contributed by atoms with van der Waals surface area (Å²) >= 11 is 0. The molecule has 0 aliphatic rings. The van der Waals surface area contributed by atoms with Crippen LogP contribution < -0.4 is 5.32 Å². The van der Waals surface area contributed by atoms with Crippen molar-refractivity contribution in [2.45, 2.75) is 39.8 Å². The monoisotopic (exact) mass is 282 g/mol. The van der Waals surface area contributed by atoms with Crippen molar-refractivity contribution in [3.05, 3.63) is 23.7 Å². The van der Waals surface area contributed by atoms with E-state index in [2.05, 4.69) is 24.1 Å². The van der Waals surface area contributed by atoms with Crippen LogP contribution in [0.2, 0.25) is 0 Å². The smallest absolute Gasteiger partial charge is 0.326 e. The molecular weight excluding hydrogens is 260 g/mol. The second-order valence-corrected chi connectivity index (χ2v) is 4.50. The molecule has 0 fully saturated rings. The molecular formula is C14H22N2O4. The van der Waals surface area contributed by atoms with E-state index in [1.807, 2.05) is 0 Å². The van der Waals surface area contributed by atoms with Gasteiger partial charge in [0.1, 0.15) is 11.8 Å².